The summed E-state index contributed by atoms with van der Waals surface area (Å²) in [5, 5.41) is 4.50. The largest absolute Gasteiger partial charge is 0.319 e. The number of nitrogens with one attached hydrogen (secondary N) is 1. The van der Waals surface area contributed by atoms with Crippen molar-refractivity contribution in [2.75, 3.05) is 13.6 Å². The van der Waals surface area contributed by atoms with Gasteiger partial charge >= 0.3 is 0 Å². The summed E-state index contributed by atoms with van der Waals surface area (Å²) in [6, 6.07) is 5.95. The molecular formula is C11H13Cl2N. The summed E-state index contributed by atoms with van der Waals surface area (Å²) in [4.78, 5) is 0. The fourth-order valence-electron chi connectivity index (χ4n) is 1.89. The van der Waals surface area contributed by atoms with Gasteiger partial charge in [-0.15, -0.1) is 0 Å². The van der Waals surface area contributed by atoms with Crippen LogP contribution in [0.25, 0.3) is 0 Å². The third-order valence-electron chi connectivity index (χ3n) is 2.76. The fraction of sp³-hybridized carbons (Fsp3) is 0.455. The number of hydrogen-bond acceptors (Lipinski definition) is 1. The lowest BCUT2D eigenvalue weighted by Gasteiger charge is -2.02. The van der Waals surface area contributed by atoms with Crippen molar-refractivity contribution in [1.29, 1.82) is 0 Å². The molecule has 0 unspecified atom stereocenters. The van der Waals surface area contributed by atoms with Crippen LogP contribution in [0.1, 0.15) is 17.9 Å². The quantitative estimate of drug-likeness (QED) is 0.839. The Bertz CT molecular complexity index is 338. The maximum Gasteiger partial charge on any atom is 0.0595 e. The first-order valence-electron chi connectivity index (χ1n) is 4.82. The maximum absolute atomic E-state index is 5.96. The van der Waals surface area contributed by atoms with Crippen molar-refractivity contribution in [3.63, 3.8) is 0 Å². The second-order valence-electron chi connectivity index (χ2n) is 3.83. The van der Waals surface area contributed by atoms with Gasteiger partial charge in [0.1, 0.15) is 0 Å². The standard InChI is InChI=1S/C11H13Cl2N/c1-14-6-8-4-9(8)7-2-3-10(12)11(13)5-7/h2-3,5,8-9,14H,4,6H2,1H3/t8-,9-/m1/s1. The van der Waals surface area contributed by atoms with E-state index in [9.17, 15) is 0 Å². The highest BCUT2D eigenvalue weighted by atomic mass is 35.5. The van der Waals surface area contributed by atoms with Gasteiger partial charge in [-0.3, -0.25) is 0 Å². The SMILES string of the molecule is CNC[C@H]1C[C@@H]1c1ccc(Cl)c(Cl)c1. The Morgan fingerprint density at radius 2 is 2.14 bits per heavy atom. The minimum atomic E-state index is 0.640. The first kappa shape index (κ1) is 10.3. The van der Waals surface area contributed by atoms with E-state index in [2.05, 4.69) is 11.4 Å². The lowest BCUT2D eigenvalue weighted by Crippen LogP contribution is -2.10. The van der Waals surface area contributed by atoms with Crippen LogP contribution in [0.15, 0.2) is 18.2 Å². The molecule has 1 aliphatic carbocycles. The molecule has 14 heavy (non-hydrogen) atoms. The van der Waals surface area contributed by atoms with Crippen molar-refractivity contribution in [2.24, 2.45) is 5.92 Å². The molecule has 1 saturated carbocycles. The molecule has 0 spiro atoms. The molecular weight excluding hydrogens is 217 g/mol. The molecule has 1 N–H and O–H groups in total. The Morgan fingerprint density at radius 3 is 2.79 bits per heavy atom. The van der Waals surface area contributed by atoms with E-state index in [1.54, 1.807) is 0 Å². The van der Waals surface area contributed by atoms with Gasteiger partial charge in [0.15, 0.2) is 0 Å². The van der Waals surface area contributed by atoms with Crippen molar-refractivity contribution in [3.8, 4) is 0 Å². The number of hydrogen-bond donors (Lipinski definition) is 1. The molecule has 1 aromatic rings. The van der Waals surface area contributed by atoms with Crippen LogP contribution in [0.4, 0.5) is 0 Å². The van der Waals surface area contributed by atoms with Gasteiger partial charge in [0.25, 0.3) is 0 Å². The van der Waals surface area contributed by atoms with E-state index >= 15 is 0 Å². The van der Waals surface area contributed by atoms with Crippen LogP contribution in [-0.4, -0.2) is 13.6 Å². The molecule has 1 aliphatic rings. The third-order valence-corrected chi connectivity index (χ3v) is 3.50. The summed E-state index contributed by atoms with van der Waals surface area (Å²) in [6.45, 7) is 1.09. The number of rotatable bonds is 3. The van der Waals surface area contributed by atoms with Gasteiger partial charge < -0.3 is 5.32 Å². The van der Waals surface area contributed by atoms with E-state index in [0.29, 0.717) is 16.0 Å². The Labute approximate surface area is 94.4 Å². The molecule has 0 bridgehead atoms. The summed E-state index contributed by atoms with van der Waals surface area (Å²) in [7, 11) is 1.99. The summed E-state index contributed by atoms with van der Waals surface area (Å²) in [5.41, 5.74) is 1.32. The summed E-state index contributed by atoms with van der Waals surface area (Å²) < 4.78 is 0. The molecule has 1 aromatic carbocycles. The predicted octanol–water partition coefficient (Wildman–Crippen LogP) is 3.32. The molecule has 2 atom stereocenters. The van der Waals surface area contributed by atoms with E-state index in [-0.39, 0.29) is 0 Å². The van der Waals surface area contributed by atoms with Gasteiger partial charge in [-0.05, 0) is 49.5 Å². The van der Waals surface area contributed by atoms with E-state index in [1.807, 2.05) is 19.2 Å². The number of benzene rings is 1. The molecule has 0 aromatic heterocycles. The minimum absolute atomic E-state index is 0.640. The zero-order valence-corrected chi connectivity index (χ0v) is 9.57. The van der Waals surface area contributed by atoms with Gasteiger partial charge in [0.2, 0.25) is 0 Å². The van der Waals surface area contributed by atoms with Crippen molar-refractivity contribution in [2.45, 2.75) is 12.3 Å². The van der Waals surface area contributed by atoms with Gasteiger partial charge in [-0.25, -0.2) is 0 Å². The van der Waals surface area contributed by atoms with Crippen LogP contribution in [0, 0.1) is 5.92 Å². The summed E-state index contributed by atoms with van der Waals surface area (Å²) in [6.07, 6.45) is 1.26. The van der Waals surface area contributed by atoms with E-state index < -0.39 is 0 Å². The maximum atomic E-state index is 5.96. The molecule has 2 rings (SSSR count). The molecule has 1 nitrogen and oxygen atoms in total. The van der Waals surface area contributed by atoms with Crippen molar-refractivity contribution >= 4 is 23.2 Å². The number of halogens is 2. The second kappa shape index (κ2) is 4.09. The molecule has 1 fully saturated rings. The van der Waals surface area contributed by atoms with E-state index in [0.717, 1.165) is 12.5 Å². The van der Waals surface area contributed by atoms with Crippen LogP contribution in [0.2, 0.25) is 10.0 Å². The topological polar surface area (TPSA) is 12.0 Å². The van der Waals surface area contributed by atoms with Crippen LogP contribution in [0.5, 0.6) is 0 Å². The average molecular weight is 230 g/mol. The smallest absolute Gasteiger partial charge is 0.0595 e. The highest BCUT2D eigenvalue weighted by Gasteiger charge is 2.37. The first-order chi connectivity index (χ1) is 6.72. The molecule has 0 radical (unpaired) electrons. The first-order valence-corrected chi connectivity index (χ1v) is 5.57. The molecule has 0 amide bonds. The lowest BCUT2D eigenvalue weighted by molar-refractivity contribution is 0.698. The van der Waals surface area contributed by atoms with E-state index in [4.69, 9.17) is 23.2 Å². The lowest BCUT2D eigenvalue weighted by atomic mass is 10.1. The van der Waals surface area contributed by atoms with Crippen molar-refractivity contribution in [3.05, 3.63) is 33.8 Å². The Morgan fingerprint density at radius 1 is 1.36 bits per heavy atom. The Hall–Kier alpha value is -0.240. The van der Waals surface area contributed by atoms with Crippen LogP contribution in [0.3, 0.4) is 0 Å². The highest BCUT2D eigenvalue weighted by molar-refractivity contribution is 6.42. The van der Waals surface area contributed by atoms with Crippen LogP contribution < -0.4 is 5.32 Å². The molecule has 0 aliphatic heterocycles. The Kier molecular flexibility index (Phi) is 3.01. The monoisotopic (exact) mass is 229 g/mol. The van der Waals surface area contributed by atoms with Gasteiger partial charge in [-0.2, -0.15) is 0 Å². The predicted molar refractivity (Wildman–Crippen MR) is 61.2 cm³/mol. The zero-order valence-electron chi connectivity index (χ0n) is 8.06. The molecule has 0 saturated heterocycles. The summed E-state index contributed by atoms with van der Waals surface area (Å²) in [5.74, 6) is 1.45. The second-order valence-corrected chi connectivity index (χ2v) is 4.65. The van der Waals surface area contributed by atoms with Gasteiger partial charge in [0, 0.05) is 0 Å². The fourth-order valence-corrected chi connectivity index (χ4v) is 2.19. The molecule has 0 heterocycles. The minimum Gasteiger partial charge on any atom is -0.319 e. The van der Waals surface area contributed by atoms with Crippen LogP contribution in [-0.2, 0) is 0 Å². The van der Waals surface area contributed by atoms with Crippen molar-refractivity contribution < 1.29 is 0 Å². The molecule has 3 heteroatoms. The average Bonchev–Trinajstić information content (AvgIpc) is 2.90. The van der Waals surface area contributed by atoms with Crippen LogP contribution >= 0.6 is 23.2 Å². The zero-order chi connectivity index (χ0) is 10.1. The normalized spacial score (nSPS) is 25.1. The van der Waals surface area contributed by atoms with Gasteiger partial charge in [-0.1, -0.05) is 29.3 Å². The van der Waals surface area contributed by atoms with Gasteiger partial charge in [0.05, 0.1) is 10.0 Å². The van der Waals surface area contributed by atoms with Crippen molar-refractivity contribution in [1.82, 2.24) is 5.32 Å². The highest BCUT2D eigenvalue weighted by Crippen LogP contribution is 2.47. The molecule has 76 valence electrons. The Balaban J connectivity index is 2.08. The third kappa shape index (κ3) is 2.05. The summed E-state index contributed by atoms with van der Waals surface area (Å²) >= 11 is 11.8. The van der Waals surface area contributed by atoms with E-state index in [1.165, 1.54) is 12.0 Å².